The van der Waals surface area contributed by atoms with Crippen LogP contribution in [0.15, 0.2) is 77.3 Å². The molecule has 0 bridgehead atoms. The Kier molecular flexibility index (Phi) is 7.47. The topological polar surface area (TPSA) is 86.5 Å². The largest absolute Gasteiger partial charge is 0.507 e. The second-order valence-corrected chi connectivity index (χ2v) is 9.04. The number of aromatic nitrogens is 2. The summed E-state index contributed by atoms with van der Waals surface area (Å²) >= 11 is 3.39. The van der Waals surface area contributed by atoms with Gasteiger partial charge in [0.1, 0.15) is 23.9 Å². The van der Waals surface area contributed by atoms with Gasteiger partial charge in [0.05, 0.1) is 24.8 Å². The number of carbonyl (C=O) groups excluding carboxylic acids is 2. The molecule has 2 aromatic carbocycles. The molecule has 2 heterocycles. The van der Waals surface area contributed by atoms with Crippen LogP contribution in [0.25, 0.3) is 5.76 Å². The molecule has 1 unspecified atom stereocenters. The molecule has 1 aliphatic rings. The number of aliphatic hydroxyl groups is 1. The molecule has 1 saturated heterocycles. The van der Waals surface area contributed by atoms with Crippen LogP contribution in [-0.4, -0.2) is 39.8 Å². The highest BCUT2D eigenvalue weighted by molar-refractivity contribution is 9.10. The van der Waals surface area contributed by atoms with Gasteiger partial charge < -0.3 is 14.7 Å². The average molecular weight is 525 g/mol. The molecule has 3 aromatic rings. The predicted molar refractivity (Wildman–Crippen MR) is 131 cm³/mol. The number of nitrogens with zero attached hydrogens (tertiary/aromatic N) is 2. The van der Waals surface area contributed by atoms with E-state index in [0.29, 0.717) is 37.4 Å². The third kappa shape index (κ3) is 5.07. The van der Waals surface area contributed by atoms with Gasteiger partial charge in [-0.2, -0.15) is 0 Å². The summed E-state index contributed by atoms with van der Waals surface area (Å²) in [6.45, 7) is 3.64. The first kappa shape index (κ1) is 23.8. The summed E-state index contributed by atoms with van der Waals surface area (Å²) in [6.07, 6.45) is 7.09. The maximum absolute atomic E-state index is 13.2. The van der Waals surface area contributed by atoms with Gasteiger partial charge in [-0.3, -0.25) is 14.6 Å². The molecule has 4 rings (SSSR count). The van der Waals surface area contributed by atoms with E-state index in [4.69, 9.17) is 4.74 Å². The number of carbonyl (C=O) groups is 2. The first-order chi connectivity index (χ1) is 16.5. The van der Waals surface area contributed by atoms with E-state index in [1.54, 1.807) is 29.2 Å². The molecule has 2 N–H and O–H groups in total. The fourth-order valence-corrected chi connectivity index (χ4v) is 4.36. The Balaban J connectivity index is 1.73. The SMILES string of the molecule is CCCOc1cccc(C2C(=C(O)c3ccc(Br)cc3)C(=O)C(=O)N2CCC[n+]2cc[nH]c2)c1. The number of H-pyrrole nitrogens is 1. The Hall–Kier alpha value is -3.39. The average Bonchev–Trinajstić information content (AvgIpc) is 3.45. The number of imidazole rings is 1. The van der Waals surface area contributed by atoms with Gasteiger partial charge >= 0.3 is 0 Å². The lowest BCUT2D eigenvalue weighted by Crippen LogP contribution is -2.36. The van der Waals surface area contributed by atoms with Crippen LogP contribution in [0.5, 0.6) is 5.75 Å². The van der Waals surface area contributed by atoms with Crippen molar-refractivity contribution >= 4 is 33.4 Å². The van der Waals surface area contributed by atoms with Crippen LogP contribution in [0.4, 0.5) is 0 Å². The molecule has 0 spiro atoms. The van der Waals surface area contributed by atoms with E-state index in [-0.39, 0.29) is 11.3 Å². The van der Waals surface area contributed by atoms with E-state index in [9.17, 15) is 14.7 Å². The van der Waals surface area contributed by atoms with Crippen molar-refractivity contribution in [1.82, 2.24) is 9.88 Å². The van der Waals surface area contributed by atoms with Crippen LogP contribution in [0.3, 0.4) is 0 Å². The number of halogens is 1. The zero-order valence-electron chi connectivity index (χ0n) is 18.9. The van der Waals surface area contributed by atoms with Gasteiger partial charge in [0.2, 0.25) is 6.33 Å². The van der Waals surface area contributed by atoms with Crippen molar-refractivity contribution in [3.05, 3.63) is 88.4 Å². The van der Waals surface area contributed by atoms with Gasteiger partial charge in [0.15, 0.2) is 0 Å². The number of nitrogens with one attached hydrogen (secondary N) is 1. The zero-order valence-corrected chi connectivity index (χ0v) is 20.5. The van der Waals surface area contributed by atoms with E-state index < -0.39 is 17.7 Å². The van der Waals surface area contributed by atoms with Crippen molar-refractivity contribution in [1.29, 1.82) is 0 Å². The van der Waals surface area contributed by atoms with Gasteiger partial charge in [0, 0.05) is 23.0 Å². The molecule has 0 aliphatic carbocycles. The van der Waals surface area contributed by atoms with E-state index in [0.717, 1.165) is 16.5 Å². The molecule has 1 atom stereocenters. The summed E-state index contributed by atoms with van der Waals surface area (Å²) in [5, 5.41) is 11.2. The Labute approximate surface area is 206 Å². The highest BCUT2D eigenvalue weighted by Gasteiger charge is 2.46. The van der Waals surface area contributed by atoms with Crippen LogP contribution >= 0.6 is 15.9 Å². The van der Waals surface area contributed by atoms with Gasteiger partial charge in [-0.15, -0.1) is 0 Å². The number of hydrogen-bond donors (Lipinski definition) is 2. The van der Waals surface area contributed by atoms with Crippen LogP contribution in [-0.2, 0) is 16.1 Å². The highest BCUT2D eigenvalue weighted by atomic mass is 79.9. The molecule has 0 radical (unpaired) electrons. The van der Waals surface area contributed by atoms with Crippen LogP contribution in [0.2, 0.25) is 0 Å². The van der Waals surface area contributed by atoms with Gasteiger partial charge in [-0.1, -0.05) is 47.1 Å². The molecule has 34 heavy (non-hydrogen) atoms. The van der Waals surface area contributed by atoms with Crippen molar-refractivity contribution in [2.24, 2.45) is 0 Å². The molecular formula is C26H27BrN3O4+. The smallest absolute Gasteiger partial charge is 0.295 e. The lowest BCUT2D eigenvalue weighted by Gasteiger charge is -2.25. The molecule has 176 valence electrons. The summed E-state index contributed by atoms with van der Waals surface area (Å²) < 4.78 is 8.62. The molecule has 1 fully saturated rings. The predicted octanol–water partition coefficient (Wildman–Crippen LogP) is 4.37. The van der Waals surface area contributed by atoms with Crippen LogP contribution in [0.1, 0.15) is 36.9 Å². The summed E-state index contributed by atoms with van der Waals surface area (Å²) in [5.41, 5.74) is 1.29. The van der Waals surface area contributed by atoms with Crippen LogP contribution < -0.4 is 9.30 Å². The normalized spacial score (nSPS) is 17.4. The molecule has 1 aromatic heterocycles. The van der Waals surface area contributed by atoms with Crippen molar-refractivity contribution in [2.45, 2.75) is 32.4 Å². The maximum Gasteiger partial charge on any atom is 0.295 e. The van der Waals surface area contributed by atoms with Crippen molar-refractivity contribution in [3.8, 4) is 5.75 Å². The summed E-state index contributed by atoms with van der Waals surface area (Å²) in [7, 11) is 0. The third-order valence-electron chi connectivity index (χ3n) is 5.72. The number of Topliss-reactive ketones (excluding diaryl/α,β-unsaturated/α-hetero) is 1. The first-order valence-electron chi connectivity index (χ1n) is 11.3. The molecule has 7 nitrogen and oxygen atoms in total. The van der Waals surface area contributed by atoms with E-state index in [1.165, 1.54) is 0 Å². The third-order valence-corrected chi connectivity index (χ3v) is 6.25. The number of ketones is 1. The molecule has 1 aliphatic heterocycles. The van der Waals surface area contributed by atoms with Gasteiger partial charge in [-0.05, 0) is 36.2 Å². The number of aromatic amines is 1. The van der Waals surface area contributed by atoms with Crippen molar-refractivity contribution in [2.75, 3.05) is 13.2 Å². The second kappa shape index (κ2) is 10.7. The minimum absolute atomic E-state index is 0.0919. The Bertz CT molecular complexity index is 1190. The number of rotatable bonds is 9. The molecule has 8 heteroatoms. The zero-order chi connectivity index (χ0) is 24.1. The summed E-state index contributed by atoms with van der Waals surface area (Å²) in [5.74, 6) is -0.808. The van der Waals surface area contributed by atoms with Crippen LogP contribution in [0, 0.1) is 0 Å². The lowest BCUT2D eigenvalue weighted by molar-refractivity contribution is -0.695. The first-order valence-corrected chi connectivity index (χ1v) is 12.1. The monoisotopic (exact) mass is 524 g/mol. The van der Waals surface area contributed by atoms with E-state index in [1.807, 2.05) is 54.5 Å². The standard InChI is InChI=1S/C26H26BrN3O4/c1-2-15-34-21-6-3-5-19(16-21)23-22(24(31)18-7-9-20(27)10-8-18)25(32)26(33)30(23)13-4-12-29-14-11-28-17-29/h3,5-11,14,16-17,23H,2,4,12-13,15H2,1H3,(H,31,32)/p+1. The number of aliphatic hydroxyl groups excluding tert-OH is 1. The van der Waals surface area contributed by atoms with Crippen molar-refractivity contribution < 1.29 is 24.0 Å². The van der Waals surface area contributed by atoms with Gasteiger partial charge in [0.25, 0.3) is 11.7 Å². The quantitative estimate of drug-likeness (QED) is 0.188. The minimum Gasteiger partial charge on any atom is -0.507 e. The maximum atomic E-state index is 13.2. The fraction of sp³-hybridized carbons (Fsp3) is 0.269. The van der Waals surface area contributed by atoms with E-state index >= 15 is 0 Å². The number of hydrogen-bond acceptors (Lipinski definition) is 4. The number of benzene rings is 2. The minimum atomic E-state index is -0.704. The molecular weight excluding hydrogens is 498 g/mol. The molecule has 1 amide bonds. The Morgan fingerprint density at radius 2 is 2.00 bits per heavy atom. The van der Waals surface area contributed by atoms with Crippen molar-refractivity contribution in [3.63, 3.8) is 0 Å². The fourth-order valence-electron chi connectivity index (χ4n) is 4.10. The highest BCUT2D eigenvalue weighted by Crippen LogP contribution is 2.40. The van der Waals surface area contributed by atoms with Gasteiger partial charge in [-0.25, -0.2) is 4.57 Å². The van der Waals surface area contributed by atoms with E-state index in [2.05, 4.69) is 20.9 Å². The Morgan fingerprint density at radius 1 is 1.21 bits per heavy atom. The number of likely N-dealkylation sites (tertiary alicyclic amines) is 1. The lowest BCUT2D eigenvalue weighted by atomic mass is 9.95. The molecule has 0 saturated carbocycles. The number of amides is 1. The second-order valence-electron chi connectivity index (χ2n) is 8.12. The summed E-state index contributed by atoms with van der Waals surface area (Å²) in [6, 6.07) is 13.7. The number of ether oxygens (including phenoxy) is 1. The number of aryl methyl sites for hydroxylation is 1. The summed E-state index contributed by atoms with van der Waals surface area (Å²) in [4.78, 5) is 30.8. The Morgan fingerprint density at radius 3 is 2.71 bits per heavy atom.